The molecule has 0 atom stereocenters. The molecule has 26 heavy (non-hydrogen) atoms. The van der Waals surface area contributed by atoms with Crippen LogP contribution in [0.25, 0.3) is 5.69 Å². The van der Waals surface area contributed by atoms with E-state index < -0.39 is 0 Å². The SMILES string of the molecule is COc1ccc(C(=O)N(C)Cc2cnn(-c3ccccc3)c2)cc1OC. The first-order valence-corrected chi connectivity index (χ1v) is 8.19. The van der Waals surface area contributed by atoms with Crippen LogP contribution in [0.2, 0.25) is 0 Å². The van der Waals surface area contributed by atoms with Crippen molar-refractivity contribution in [3.8, 4) is 17.2 Å². The van der Waals surface area contributed by atoms with Crippen LogP contribution in [-0.2, 0) is 6.54 Å². The van der Waals surface area contributed by atoms with Crippen molar-refractivity contribution in [1.29, 1.82) is 0 Å². The van der Waals surface area contributed by atoms with Gasteiger partial charge in [-0.25, -0.2) is 4.68 Å². The van der Waals surface area contributed by atoms with Gasteiger partial charge in [0.05, 0.1) is 26.1 Å². The number of nitrogens with zero attached hydrogens (tertiary/aromatic N) is 3. The summed E-state index contributed by atoms with van der Waals surface area (Å²) in [7, 11) is 4.88. The van der Waals surface area contributed by atoms with E-state index in [2.05, 4.69) is 5.10 Å². The van der Waals surface area contributed by atoms with E-state index >= 15 is 0 Å². The van der Waals surface area contributed by atoms with Gasteiger partial charge in [0.2, 0.25) is 0 Å². The van der Waals surface area contributed by atoms with Gasteiger partial charge in [-0.15, -0.1) is 0 Å². The van der Waals surface area contributed by atoms with Crippen molar-refractivity contribution in [2.45, 2.75) is 6.54 Å². The second-order valence-electron chi connectivity index (χ2n) is 5.86. The van der Waals surface area contributed by atoms with E-state index in [4.69, 9.17) is 9.47 Å². The lowest BCUT2D eigenvalue weighted by Crippen LogP contribution is -2.26. The average Bonchev–Trinajstić information content (AvgIpc) is 3.16. The lowest BCUT2D eigenvalue weighted by Gasteiger charge is -2.17. The number of amides is 1. The van der Waals surface area contributed by atoms with Gasteiger partial charge < -0.3 is 14.4 Å². The minimum absolute atomic E-state index is 0.0987. The molecule has 0 N–H and O–H groups in total. The van der Waals surface area contributed by atoms with Crippen LogP contribution in [0.3, 0.4) is 0 Å². The summed E-state index contributed by atoms with van der Waals surface area (Å²) in [6.45, 7) is 0.458. The summed E-state index contributed by atoms with van der Waals surface area (Å²) in [5, 5.41) is 4.36. The standard InChI is InChI=1S/C20H21N3O3/c1-22(20(24)16-9-10-18(25-2)19(11-16)26-3)13-15-12-21-23(14-15)17-7-5-4-6-8-17/h4-12,14H,13H2,1-3H3. The van der Waals surface area contributed by atoms with Crippen LogP contribution >= 0.6 is 0 Å². The lowest BCUT2D eigenvalue weighted by molar-refractivity contribution is 0.0784. The first-order valence-electron chi connectivity index (χ1n) is 8.19. The van der Waals surface area contributed by atoms with Crippen molar-refractivity contribution >= 4 is 5.91 Å². The normalized spacial score (nSPS) is 10.4. The zero-order chi connectivity index (χ0) is 18.5. The highest BCUT2D eigenvalue weighted by atomic mass is 16.5. The van der Waals surface area contributed by atoms with Crippen LogP contribution in [0.15, 0.2) is 60.9 Å². The zero-order valence-electron chi connectivity index (χ0n) is 15.0. The van der Waals surface area contributed by atoms with Crippen molar-refractivity contribution in [3.63, 3.8) is 0 Å². The molecule has 0 aliphatic heterocycles. The Morgan fingerprint density at radius 2 is 1.81 bits per heavy atom. The molecule has 0 bridgehead atoms. The number of para-hydroxylation sites is 1. The van der Waals surface area contributed by atoms with Gasteiger partial charge in [-0.05, 0) is 30.3 Å². The molecule has 6 heteroatoms. The maximum atomic E-state index is 12.7. The third-order valence-corrected chi connectivity index (χ3v) is 4.05. The number of aromatic nitrogens is 2. The molecule has 0 aliphatic rings. The number of carbonyl (C=O) groups is 1. The number of ether oxygens (including phenoxy) is 2. The first-order chi connectivity index (χ1) is 12.6. The van der Waals surface area contributed by atoms with Gasteiger partial charge in [0.1, 0.15) is 0 Å². The summed E-state index contributed by atoms with van der Waals surface area (Å²) < 4.78 is 12.3. The Balaban J connectivity index is 1.73. The highest BCUT2D eigenvalue weighted by Crippen LogP contribution is 2.28. The highest BCUT2D eigenvalue weighted by molar-refractivity contribution is 5.94. The number of hydrogen-bond acceptors (Lipinski definition) is 4. The van der Waals surface area contributed by atoms with Crippen LogP contribution in [0, 0.1) is 0 Å². The summed E-state index contributed by atoms with van der Waals surface area (Å²) in [5.41, 5.74) is 2.47. The van der Waals surface area contributed by atoms with E-state index in [0.717, 1.165) is 11.3 Å². The molecular formula is C20H21N3O3. The molecule has 0 unspecified atom stereocenters. The fraction of sp³-hybridized carbons (Fsp3) is 0.200. The number of rotatable bonds is 6. The minimum Gasteiger partial charge on any atom is -0.493 e. The predicted molar refractivity (Wildman–Crippen MR) is 98.9 cm³/mol. The van der Waals surface area contributed by atoms with E-state index in [-0.39, 0.29) is 5.91 Å². The lowest BCUT2D eigenvalue weighted by atomic mass is 10.1. The summed E-state index contributed by atoms with van der Waals surface area (Å²) in [6.07, 6.45) is 3.69. The van der Waals surface area contributed by atoms with Crippen LogP contribution < -0.4 is 9.47 Å². The fourth-order valence-corrected chi connectivity index (χ4v) is 2.70. The molecule has 1 aromatic heterocycles. The first kappa shape index (κ1) is 17.5. The predicted octanol–water partition coefficient (Wildman–Crippen LogP) is 3.16. The van der Waals surface area contributed by atoms with Gasteiger partial charge in [-0.1, -0.05) is 18.2 Å². The molecule has 1 amide bonds. The van der Waals surface area contributed by atoms with Crippen molar-refractivity contribution in [2.24, 2.45) is 0 Å². The summed E-state index contributed by atoms with van der Waals surface area (Å²) in [5.74, 6) is 1.03. The maximum absolute atomic E-state index is 12.7. The van der Waals surface area contributed by atoms with Gasteiger partial charge in [-0.3, -0.25) is 4.79 Å². The van der Waals surface area contributed by atoms with Crippen molar-refractivity contribution < 1.29 is 14.3 Å². The molecule has 6 nitrogen and oxygen atoms in total. The van der Waals surface area contributed by atoms with Crippen LogP contribution in [0.5, 0.6) is 11.5 Å². The summed E-state index contributed by atoms with van der Waals surface area (Å²) >= 11 is 0. The number of benzene rings is 2. The summed E-state index contributed by atoms with van der Waals surface area (Å²) in [6, 6.07) is 15.0. The Hall–Kier alpha value is -3.28. The van der Waals surface area contributed by atoms with Crippen LogP contribution in [0.1, 0.15) is 15.9 Å². The highest BCUT2D eigenvalue weighted by Gasteiger charge is 2.15. The number of carbonyl (C=O) groups excluding carboxylic acids is 1. The molecular weight excluding hydrogens is 330 g/mol. The van der Waals surface area contributed by atoms with E-state index in [1.165, 1.54) is 0 Å². The third-order valence-electron chi connectivity index (χ3n) is 4.05. The Labute approximate surface area is 152 Å². The molecule has 0 saturated heterocycles. The Morgan fingerprint density at radius 1 is 1.08 bits per heavy atom. The Kier molecular flexibility index (Phi) is 5.22. The van der Waals surface area contributed by atoms with Crippen LogP contribution in [-0.4, -0.2) is 41.9 Å². The molecule has 0 radical (unpaired) electrons. The molecule has 134 valence electrons. The number of hydrogen-bond donors (Lipinski definition) is 0. The molecule has 0 aliphatic carbocycles. The molecule has 3 rings (SSSR count). The maximum Gasteiger partial charge on any atom is 0.254 e. The molecule has 0 saturated carbocycles. The van der Waals surface area contributed by atoms with Gasteiger partial charge >= 0.3 is 0 Å². The second-order valence-corrected chi connectivity index (χ2v) is 5.86. The van der Waals surface area contributed by atoms with Gasteiger partial charge in [0.15, 0.2) is 11.5 Å². The average molecular weight is 351 g/mol. The van der Waals surface area contributed by atoms with Crippen molar-refractivity contribution in [1.82, 2.24) is 14.7 Å². The van der Waals surface area contributed by atoms with E-state index in [1.807, 2.05) is 36.5 Å². The van der Waals surface area contributed by atoms with Gasteiger partial charge in [0.25, 0.3) is 5.91 Å². The van der Waals surface area contributed by atoms with Gasteiger partial charge in [0, 0.05) is 30.9 Å². The Morgan fingerprint density at radius 3 is 2.50 bits per heavy atom. The zero-order valence-corrected chi connectivity index (χ0v) is 15.0. The molecule has 0 fully saturated rings. The van der Waals surface area contributed by atoms with E-state index in [1.54, 1.807) is 55.2 Å². The Bertz CT molecular complexity index is 890. The van der Waals surface area contributed by atoms with Crippen molar-refractivity contribution in [3.05, 3.63) is 72.1 Å². The molecule has 1 heterocycles. The van der Waals surface area contributed by atoms with Crippen molar-refractivity contribution in [2.75, 3.05) is 21.3 Å². The van der Waals surface area contributed by atoms with Crippen LogP contribution in [0.4, 0.5) is 0 Å². The fourth-order valence-electron chi connectivity index (χ4n) is 2.70. The van der Waals surface area contributed by atoms with Gasteiger partial charge in [-0.2, -0.15) is 5.10 Å². The summed E-state index contributed by atoms with van der Waals surface area (Å²) in [4.78, 5) is 14.3. The molecule has 0 spiro atoms. The largest absolute Gasteiger partial charge is 0.493 e. The minimum atomic E-state index is -0.0987. The quantitative estimate of drug-likeness (QED) is 0.684. The number of methoxy groups -OCH3 is 2. The third kappa shape index (κ3) is 3.69. The second kappa shape index (κ2) is 7.74. The monoisotopic (exact) mass is 351 g/mol. The topological polar surface area (TPSA) is 56.6 Å². The van der Waals surface area contributed by atoms with E-state index in [0.29, 0.717) is 23.6 Å². The molecule has 3 aromatic rings. The smallest absolute Gasteiger partial charge is 0.254 e. The van der Waals surface area contributed by atoms with E-state index in [9.17, 15) is 4.79 Å². The molecule has 2 aromatic carbocycles.